The van der Waals surface area contributed by atoms with Gasteiger partial charge in [0.05, 0.1) is 0 Å². The van der Waals surface area contributed by atoms with Gasteiger partial charge >= 0.3 is 0 Å². The first-order valence-electron chi connectivity index (χ1n) is 6.23. The van der Waals surface area contributed by atoms with Gasteiger partial charge in [0.25, 0.3) is 0 Å². The van der Waals surface area contributed by atoms with E-state index in [1.54, 1.807) is 0 Å². The van der Waals surface area contributed by atoms with Crippen molar-refractivity contribution in [1.29, 1.82) is 0 Å². The van der Waals surface area contributed by atoms with Crippen molar-refractivity contribution in [3.63, 3.8) is 0 Å². The summed E-state index contributed by atoms with van der Waals surface area (Å²) in [4.78, 5) is 0. The van der Waals surface area contributed by atoms with Crippen LogP contribution in [-0.4, -0.2) is 0 Å². The van der Waals surface area contributed by atoms with Crippen LogP contribution in [0.2, 0.25) is 0 Å². The van der Waals surface area contributed by atoms with Crippen LogP contribution >= 0.6 is 0 Å². The molecule has 1 nitrogen and oxygen atoms in total. The average molecular weight is 227 g/mol. The second kappa shape index (κ2) is 3.04. The number of allylic oxidation sites excluding steroid dienone is 7. The van der Waals surface area contributed by atoms with E-state index in [9.17, 15) is 0 Å². The maximum absolute atomic E-state index is 3.98. The molecule has 0 radical (unpaired) electrons. The average Bonchev–Trinajstić information content (AvgIpc) is 3.04. The third kappa shape index (κ3) is 1.05. The van der Waals surface area contributed by atoms with Gasteiger partial charge in [0.2, 0.25) is 0 Å². The fourth-order valence-corrected chi connectivity index (χ4v) is 3.79. The van der Waals surface area contributed by atoms with Crippen LogP contribution < -0.4 is 5.32 Å². The van der Waals surface area contributed by atoms with E-state index in [1.165, 1.54) is 17.7 Å². The van der Waals surface area contributed by atoms with E-state index in [0.29, 0.717) is 5.92 Å². The topological polar surface area (TPSA) is 12.0 Å². The lowest BCUT2D eigenvalue weighted by Gasteiger charge is -2.45. The summed E-state index contributed by atoms with van der Waals surface area (Å²) < 4.78 is 0. The SMILES string of the molecule is C=CC1=C(C=C)C(C)(C)C23CC2C=CC=C3N1.[HH]. The summed E-state index contributed by atoms with van der Waals surface area (Å²) in [6.45, 7) is 12.6. The van der Waals surface area contributed by atoms with Crippen molar-refractivity contribution in [2.24, 2.45) is 16.7 Å². The second-order valence-electron chi connectivity index (χ2n) is 5.73. The fraction of sp³-hybridized carbons (Fsp3) is 0.375. The van der Waals surface area contributed by atoms with E-state index in [1.807, 2.05) is 12.2 Å². The normalized spacial score (nSPS) is 36.4. The molecule has 1 heteroatoms. The number of nitrogens with one attached hydrogen (secondary N) is 1. The quantitative estimate of drug-likeness (QED) is 0.753. The number of hydrogen-bond donors (Lipinski definition) is 1. The van der Waals surface area contributed by atoms with Crippen LogP contribution in [0.4, 0.5) is 0 Å². The smallest absolute Gasteiger partial charge is 0.0414 e. The van der Waals surface area contributed by atoms with E-state index in [0.717, 1.165) is 5.70 Å². The molecule has 0 aromatic heterocycles. The minimum absolute atomic E-state index is 0. The minimum atomic E-state index is 0. The van der Waals surface area contributed by atoms with Gasteiger partial charge in [-0.15, -0.1) is 0 Å². The fourth-order valence-electron chi connectivity index (χ4n) is 3.79. The maximum Gasteiger partial charge on any atom is 0.0414 e. The van der Waals surface area contributed by atoms with Crippen molar-refractivity contribution < 1.29 is 1.43 Å². The molecule has 0 saturated heterocycles. The molecule has 2 atom stereocenters. The number of hydrogen-bond acceptors (Lipinski definition) is 1. The van der Waals surface area contributed by atoms with Crippen LogP contribution in [0.25, 0.3) is 0 Å². The standard InChI is InChI=1S/C16H19N.H2/c1-5-12-13(6-2)17-14-9-7-8-11-10-16(11,14)15(12,3)4;/h5-9,11,17H,1-2,10H2,3-4H3;1H. The van der Waals surface area contributed by atoms with Gasteiger partial charge in [0, 0.05) is 23.7 Å². The Bertz CT molecular complexity index is 507. The Morgan fingerprint density at radius 1 is 1.41 bits per heavy atom. The van der Waals surface area contributed by atoms with E-state index < -0.39 is 0 Å². The zero-order chi connectivity index (χ0) is 12.3. The Balaban J connectivity index is 0.00000120. The lowest BCUT2D eigenvalue weighted by Crippen LogP contribution is -2.42. The number of rotatable bonds is 2. The van der Waals surface area contributed by atoms with E-state index in [4.69, 9.17) is 0 Å². The summed E-state index contributed by atoms with van der Waals surface area (Å²) in [6.07, 6.45) is 11.9. The lowest BCUT2D eigenvalue weighted by atomic mass is 9.64. The molecular weight excluding hydrogens is 206 g/mol. The van der Waals surface area contributed by atoms with Crippen LogP contribution in [0.1, 0.15) is 21.7 Å². The van der Waals surface area contributed by atoms with Crippen molar-refractivity contribution in [1.82, 2.24) is 5.32 Å². The first kappa shape index (κ1) is 10.6. The first-order valence-corrected chi connectivity index (χ1v) is 6.23. The van der Waals surface area contributed by atoms with Crippen molar-refractivity contribution in [3.05, 3.63) is 60.5 Å². The van der Waals surface area contributed by atoms with Crippen LogP contribution in [0.3, 0.4) is 0 Å². The third-order valence-electron chi connectivity index (χ3n) is 4.86. The molecule has 0 amide bonds. The van der Waals surface area contributed by atoms with Gasteiger partial charge in [0.15, 0.2) is 0 Å². The van der Waals surface area contributed by atoms with Gasteiger partial charge in [-0.3, -0.25) is 0 Å². The molecule has 90 valence electrons. The first-order chi connectivity index (χ1) is 8.07. The van der Waals surface area contributed by atoms with Crippen LogP contribution in [0.5, 0.6) is 0 Å². The molecule has 17 heavy (non-hydrogen) atoms. The predicted octanol–water partition coefficient (Wildman–Crippen LogP) is 3.95. The molecule has 2 unspecified atom stereocenters. The summed E-state index contributed by atoms with van der Waals surface area (Å²) >= 11 is 0. The summed E-state index contributed by atoms with van der Waals surface area (Å²) in [5, 5.41) is 3.54. The highest BCUT2D eigenvalue weighted by Gasteiger charge is 2.66. The Hall–Kier alpha value is -1.50. The third-order valence-corrected chi connectivity index (χ3v) is 4.86. The molecule has 3 rings (SSSR count). The summed E-state index contributed by atoms with van der Waals surface area (Å²) in [7, 11) is 0. The molecule has 2 aliphatic carbocycles. The zero-order valence-corrected chi connectivity index (χ0v) is 10.6. The molecule has 1 N–H and O–H groups in total. The van der Waals surface area contributed by atoms with Gasteiger partial charge in [-0.05, 0) is 30.1 Å². The highest BCUT2D eigenvalue weighted by Crippen LogP contribution is 2.72. The molecule has 0 aromatic carbocycles. The zero-order valence-electron chi connectivity index (χ0n) is 10.6. The van der Waals surface area contributed by atoms with Crippen molar-refractivity contribution >= 4 is 0 Å². The summed E-state index contributed by atoms with van der Waals surface area (Å²) in [5.74, 6) is 0.686. The molecule has 3 aliphatic rings. The monoisotopic (exact) mass is 227 g/mol. The molecular formula is C16H21N. The molecule has 1 aliphatic heterocycles. The van der Waals surface area contributed by atoms with Gasteiger partial charge in [-0.25, -0.2) is 0 Å². The summed E-state index contributed by atoms with van der Waals surface area (Å²) in [5.41, 5.74) is 4.17. The maximum atomic E-state index is 3.98. The molecule has 1 saturated carbocycles. The van der Waals surface area contributed by atoms with Crippen molar-refractivity contribution in [2.45, 2.75) is 20.3 Å². The van der Waals surface area contributed by atoms with Crippen molar-refractivity contribution in [2.75, 3.05) is 0 Å². The molecule has 0 aromatic rings. The summed E-state index contributed by atoms with van der Waals surface area (Å²) in [6, 6.07) is 0. The Morgan fingerprint density at radius 2 is 2.18 bits per heavy atom. The largest absolute Gasteiger partial charge is 0.358 e. The van der Waals surface area contributed by atoms with Gasteiger partial charge in [0.1, 0.15) is 0 Å². The molecule has 1 spiro atoms. The van der Waals surface area contributed by atoms with Crippen molar-refractivity contribution in [3.8, 4) is 0 Å². The highest BCUT2D eigenvalue weighted by molar-refractivity contribution is 5.52. The molecule has 0 bridgehead atoms. The Labute approximate surface area is 105 Å². The molecule has 1 fully saturated rings. The molecule has 1 heterocycles. The second-order valence-corrected chi connectivity index (χ2v) is 5.73. The van der Waals surface area contributed by atoms with E-state index in [-0.39, 0.29) is 12.3 Å². The van der Waals surface area contributed by atoms with Crippen LogP contribution in [0, 0.1) is 16.7 Å². The van der Waals surface area contributed by atoms with Crippen LogP contribution in [-0.2, 0) is 0 Å². The van der Waals surface area contributed by atoms with Gasteiger partial charge < -0.3 is 5.32 Å². The highest BCUT2D eigenvalue weighted by atomic mass is 15.0. The minimum Gasteiger partial charge on any atom is -0.358 e. The van der Waals surface area contributed by atoms with Gasteiger partial charge in [-0.2, -0.15) is 0 Å². The van der Waals surface area contributed by atoms with Crippen LogP contribution in [0.15, 0.2) is 60.5 Å². The Morgan fingerprint density at radius 3 is 2.82 bits per heavy atom. The van der Waals surface area contributed by atoms with E-state index in [2.05, 4.69) is 50.6 Å². The van der Waals surface area contributed by atoms with E-state index >= 15 is 0 Å². The van der Waals surface area contributed by atoms with Gasteiger partial charge in [-0.1, -0.05) is 45.2 Å². The predicted molar refractivity (Wildman–Crippen MR) is 74.2 cm³/mol. The lowest BCUT2D eigenvalue weighted by molar-refractivity contribution is 0.246. The Kier molecular flexibility index (Phi) is 1.90.